The number of aromatic amines is 1. The predicted molar refractivity (Wildman–Crippen MR) is 130 cm³/mol. The number of hydrogen-bond donors (Lipinski definition) is 2. The third-order valence-electron chi connectivity index (χ3n) is 5.83. The fourth-order valence-corrected chi connectivity index (χ4v) is 4.03. The minimum atomic E-state index is -0.974. The highest BCUT2D eigenvalue weighted by atomic mass is 16.3. The molecular weight excluding hydrogens is 430 g/mol. The van der Waals surface area contributed by atoms with Gasteiger partial charge < -0.3 is 10.1 Å². The molecule has 5 aromatic rings. The van der Waals surface area contributed by atoms with Gasteiger partial charge in [-0.2, -0.15) is 0 Å². The van der Waals surface area contributed by atoms with Gasteiger partial charge in [-0.1, -0.05) is 60.7 Å². The highest BCUT2D eigenvalue weighted by Gasteiger charge is 2.23. The molecular formula is C26H21N5O3. The van der Waals surface area contributed by atoms with E-state index in [1.165, 1.54) is 4.57 Å². The number of rotatable bonds is 4. The number of aromatic hydroxyl groups is 1. The standard InChI is InChI=1S/C26H21N5O3/c1-15-9-8-13-19-21(15)28-25(33)22(19)29-30-24(32)16(2)31-23(17-10-4-3-5-11-17)27-20-14-7-6-12-18(20)26(31)34/h3-14,16,28,33H,1-2H3/t16-/m1/s1. The molecule has 8 nitrogen and oxygen atoms in total. The predicted octanol–water partition coefficient (Wildman–Crippen LogP) is 5.43. The van der Waals surface area contributed by atoms with E-state index in [0.717, 1.165) is 11.1 Å². The zero-order valence-corrected chi connectivity index (χ0v) is 18.6. The molecule has 0 aliphatic rings. The van der Waals surface area contributed by atoms with E-state index in [1.54, 1.807) is 31.2 Å². The molecule has 3 aromatic carbocycles. The minimum absolute atomic E-state index is 0.173. The number of para-hydroxylation sites is 2. The van der Waals surface area contributed by atoms with Crippen LogP contribution >= 0.6 is 0 Å². The zero-order chi connectivity index (χ0) is 23.8. The summed E-state index contributed by atoms with van der Waals surface area (Å²) in [6.45, 7) is 3.49. The maximum absolute atomic E-state index is 13.4. The molecule has 0 aliphatic carbocycles. The van der Waals surface area contributed by atoms with Gasteiger partial charge >= 0.3 is 0 Å². The summed E-state index contributed by atoms with van der Waals surface area (Å²) in [6.07, 6.45) is 0. The van der Waals surface area contributed by atoms with Crippen LogP contribution in [0.2, 0.25) is 0 Å². The first-order valence-corrected chi connectivity index (χ1v) is 10.8. The maximum atomic E-state index is 13.4. The Morgan fingerprint density at radius 1 is 1.00 bits per heavy atom. The Labute approximate surface area is 194 Å². The summed E-state index contributed by atoms with van der Waals surface area (Å²) >= 11 is 0. The van der Waals surface area contributed by atoms with Gasteiger partial charge in [-0.15, -0.1) is 10.2 Å². The van der Waals surface area contributed by atoms with Gasteiger partial charge in [-0.3, -0.25) is 14.2 Å². The number of aryl methyl sites for hydroxylation is 1. The fourth-order valence-electron chi connectivity index (χ4n) is 4.03. The lowest BCUT2D eigenvalue weighted by molar-refractivity contribution is -0.121. The van der Waals surface area contributed by atoms with Crippen molar-refractivity contribution in [2.24, 2.45) is 10.2 Å². The zero-order valence-electron chi connectivity index (χ0n) is 18.6. The Balaban J connectivity index is 1.60. The van der Waals surface area contributed by atoms with Crippen LogP contribution in [0, 0.1) is 6.92 Å². The van der Waals surface area contributed by atoms with Crippen LogP contribution in [0.5, 0.6) is 5.88 Å². The summed E-state index contributed by atoms with van der Waals surface area (Å²) in [4.78, 5) is 34.0. The molecule has 8 heteroatoms. The maximum Gasteiger partial charge on any atom is 0.287 e. The quantitative estimate of drug-likeness (QED) is 0.355. The van der Waals surface area contributed by atoms with E-state index in [-0.39, 0.29) is 17.1 Å². The van der Waals surface area contributed by atoms with Crippen molar-refractivity contribution in [2.75, 3.05) is 0 Å². The molecule has 0 saturated carbocycles. The summed E-state index contributed by atoms with van der Waals surface area (Å²) in [5.74, 6) is -0.452. The number of carbonyl (C=O) groups excluding carboxylic acids is 1. The number of carbonyl (C=O) groups is 1. The number of H-pyrrole nitrogens is 1. The number of hydrogen-bond acceptors (Lipinski definition) is 5. The van der Waals surface area contributed by atoms with Gasteiger partial charge in [0.2, 0.25) is 5.88 Å². The Morgan fingerprint density at radius 2 is 1.71 bits per heavy atom. The normalized spacial score (nSPS) is 12.5. The first-order chi connectivity index (χ1) is 16.5. The van der Waals surface area contributed by atoms with Crippen LogP contribution < -0.4 is 5.56 Å². The molecule has 34 heavy (non-hydrogen) atoms. The van der Waals surface area contributed by atoms with Crippen LogP contribution in [0.1, 0.15) is 18.5 Å². The number of benzene rings is 3. The second-order valence-corrected chi connectivity index (χ2v) is 8.03. The molecule has 1 atom stereocenters. The third kappa shape index (κ3) is 3.55. The molecule has 0 spiro atoms. The van der Waals surface area contributed by atoms with Gasteiger partial charge in [0.1, 0.15) is 11.9 Å². The monoisotopic (exact) mass is 451 g/mol. The number of azo groups is 1. The van der Waals surface area contributed by atoms with E-state index < -0.39 is 11.9 Å². The van der Waals surface area contributed by atoms with Crippen LogP contribution in [-0.2, 0) is 4.79 Å². The van der Waals surface area contributed by atoms with Crippen LogP contribution in [0.15, 0.2) is 87.8 Å². The Hall–Kier alpha value is -4.59. The van der Waals surface area contributed by atoms with E-state index in [2.05, 4.69) is 20.2 Å². The van der Waals surface area contributed by atoms with Crippen LogP contribution in [0.25, 0.3) is 33.2 Å². The first kappa shape index (κ1) is 21.3. The second kappa shape index (κ2) is 8.40. The third-order valence-corrected chi connectivity index (χ3v) is 5.83. The molecule has 1 amide bonds. The highest BCUT2D eigenvalue weighted by molar-refractivity contribution is 5.96. The van der Waals surface area contributed by atoms with E-state index in [0.29, 0.717) is 27.7 Å². The number of nitrogens with one attached hydrogen (secondary N) is 1. The van der Waals surface area contributed by atoms with Crippen molar-refractivity contribution in [1.82, 2.24) is 14.5 Å². The van der Waals surface area contributed by atoms with Crippen molar-refractivity contribution in [2.45, 2.75) is 19.9 Å². The van der Waals surface area contributed by atoms with Crippen molar-refractivity contribution in [1.29, 1.82) is 0 Å². The van der Waals surface area contributed by atoms with Gasteiger partial charge in [0.25, 0.3) is 11.5 Å². The molecule has 0 aliphatic heterocycles. The molecule has 0 radical (unpaired) electrons. The second-order valence-electron chi connectivity index (χ2n) is 8.03. The number of aromatic nitrogens is 3. The van der Waals surface area contributed by atoms with Crippen LogP contribution in [0.4, 0.5) is 5.69 Å². The van der Waals surface area contributed by atoms with E-state index in [4.69, 9.17) is 0 Å². The number of nitrogens with zero attached hydrogens (tertiary/aromatic N) is 4. The number of amides is 1. The molecule has 0 unspecified atom stereocenters. The lowest BCUT2D eigenvalue weighted by Gasteiger charge is -2.17. The average Bonchev–Trinajstić information content (AvgIpc) is 3.19. The molecule has 0 saturated heterocycles. The highest BCUT2D eigenvalue weighted by Crippen LogP contribution is 2.36. The largest absolute Gasteiger partial charge is 0.493 e. The summed E-state index contributed by atoms with van der Waals surface area (Å²) < 4.78 is 1.35. The van der Waals surface area contributed by atoms with Gasteiger partial charge in [0, 0.05) is 10.9 Å². The molecule has 5 rings (SSSR count). The van der Waals surface area contributed by atoms with Crippen molar-refractivity contribution in [3.05, 3.63) is 88.7 Å². The van der Waals surface area contributed by atoms with Gasteiger partial charge in [-0.25, -0.2) is 4.98 Å². The Bertz CT molecular complexity index is 1630. The smallest absolute Gasteiger partial charge is 0.287 e. The van der Waals surface area contributed by atoms with Gasteiger partial charge in [0.15, 0.2) is 5.69 Å². The molecule has 0 fully saturated rings. The average molecular weight is 451 g/mol. The van der Waals surface area contributed by atoms with Crippen LogP contribution in [0.3, 0.4) is 0 Å². The topological polar surface area (TPSA) is 113 Å². The number of fused-ring (bicyclic) bond motifs is 2. The first-order valence-electron chi connectivity index (χ1n) is 10.8. The van der Waals surface area contributed by atoms with Gasteiger partial charge in [0.05, 0.1) is 16.4 Å². The Morgan fingerprint density at radius 3 is 2.50 bits per heavy atom. The molecule has 2 aromatic heterocycles. The summed E-state index contributed by atoms with van der Waals surface area (Å²) in [5.41, 5.74) is 2.72. The van der Waals surface area contributed by atoms with Crippen LogP contribution in [-0.4, -0.2) is 25.5 Å². The summed E-state index contributed by atoms with van der Waals surface area (Å²) in [7, 11) is 0. The molecule has 2 N–H and O–H groups in total. The summed E-state index contributed by atoms with van der Waals surface area (Å²) in [5, 5.41) is 19.2. The minimum Gasteiger partial charge on any atom is -0.493 e. The van der Waals surface area contributed by atoms with Gasteiger partial charge in [-0.05, 0) is 31.5 Å². The fraction of sp³-hybridized carbons (Fsp3) is 0.115. The Kier molecular flexibility index (Phi) is 5.25. The molecule has 2 heterocycles. The molecule has 168 valence electrons. The molecule has 0 bridgehead atoms. The lowest BCUT2D eigenvalue weighted by atomic mass is 10.1. The van der Waals surface area contributed by atoms with Crippen molar-refractivity contribution in [3.63, 3.8) is 0 Å². The van der Waals surface area contributed by atoms with Crippen molar-refractivity contribution >= 4 is 33.4 Å². The van der Waals surface area contributed by atoms with E-state index in [9.17, 15) is 14.7 Å². The van der Waals surface area contributed by atoms with Crippen molar-refractivity contribution < 1.29 is 9.90 Å². The SMILES string of the molecule is Cc1cccc2c(N=NC(=O)[C@@H](C)n3c(-c4ccccc4)nc4ccccc4c3=O)c(O)[nH]c12. The van der Waals surface area contributed by atoms with E-state index in [1.807, 2.05) is 55.5 Å². The lowest BCUT2D eigenvalue weighted by Crippen LogP contribution is -2.30. The van der Waals surface area contributed by atoms with E-state index >= 15 is 0 Å². The summed E-state index contributed by atoms with van der Waals surface area (Å²) in [6, 6.07) is 20.8. The van der Waals surface area contributed by atoms with Crippen molar-refractivity contribution in [3.8, 4) is 17.3 Å².